The molecule has 2 amide bonds. The summed E-state index contributed by atoms with van der Waals surface area (Å²) in [6.07, 6.45) is 5.67. The number of ether oxygens (including phenoxy) is 1. The highest BCUT2D eigenvalue weighted by molar-refractivity contribution is 6.01. The Hall–Kier alpha value is -4.73. The molecule has 37 heavy (non-hydrogen) atoms. The van der Waals surface area contributed by atoms with Gasteiger partial charge in [-0.25, -0.2) is 4.98 Å². The Balaban J connectivity index is 1.60. The van der Waals surface area contributed by atoms with Crippen LogP contribution in [0.5, 0.6) is 5.75 Å². The number of nitrogens with one attached hydrogen (secondary N) is 2. The van der Waals surface area contributed by atoms with Gasteiger partial charge in [-0.3, -0.25) is 9.59 Å². The molecule has 188 valence electrons. The molecule has 1 fully saturated rings. The molecule has 1 saturated carbocycles. The SMILES string of the molecule is C=CC(=O)Nc1ccc(-c2nn3ncnc(N)c3c2-c2ccc(C(=O)NC3CCC3)c(OCC)c2)cc1. The standard InChI is InChI=1S/C27H27N7O3/c1-3-22(35)31-19-11-8-16(9-12-19)24-23(25-26(28)29-15-30-34(25)33-24)17-10-13-20(21(14-17)37-4-2)27(36)32-18-6-5-7-18/h3,8-15,18H,1,4-7H2,2H3,(H,31,35)(H,32,36)(H2,28,29,30). The van der Waals surface area contributed by atoms with Crippen molar-refractivity contribution >= 4 is 28.8 Å². The van der Waals surface area contributed by atoms with Gasteiger partial charge in [0.1, 0.15) is 23.3 Å². The highest BCUT2D eigenvalue weighted by Gasteiger charge is 2.24. The zero-order chi connectivity index (χ0) is 25.9. The van der Waals surface area contributed by atoms with Gasteiger partial charge in [0.2, 0.25) is 5.91 Å². The molecule has 5 rings (SSSR count). The molecule has 0 aliphatic heterocycles. The van der Waals surface area contributed by atoms with Gasteiger partial charge in [0.25, 0.3) is 5.91 Å². The number of nitrogen functional groups attached to an aromatic ring is 1. The molecule has 0 unspecified atom stereocenters. The summed E-state index contributed by atoms with van der Waals surface area (Å²) in [4.78, 5) is 28.8. The van der Waals surface area contributed by atoms with Gasteiger partial charge in [0.15, 0.2) is 5.82 Å². The number of aromatic nitrogens is 4. The quantitative estimate of drug-likeness (QED) is 0.315. The van der Waals surface area contributed by atoms with E-state index in [2.05, 4.69) is 32.4 Å². The first kappa shape index (κ1) is 24.0. The second-order valence-corrected chi connectivity index (χ2v) is 8.72. The average Bonchev–Trinajstić information content (AvgIpc) is 3.27. The summed E-state index contributed by atoms with van der Waals surface area (Å²) in [6.45, 7) is 5.75. The lowest BCUT2D eigenvalue weighted by molar-refractivity contribution is -0.111. The van der Waals surface area contributed by atoms with Crippen LogP contribution in [0.1, 0.15) is 36.5 Å². The molecule has 10 nitrogen and oxygen atoms in total. The predicted octanol–water partition coefficient (Wildman–Crippen LogP) is 3.85. The van der Waals surface area contributed by atoms with Crippen LogP contribution in [-0.2, 0) is 4.79 Å². The first-order valence-electron chi connectivity index (χ1n) is 12.1. The van der Waals surface area contributed by atoms with E-state index in [0.717, 1.165) is 30.4 Å². The van der Waals surface area contributed by atoms with Crippen LogP contribution in [0.3, 0.4) is 0 Å². The third-order valence-electron chi connectivity index (χ3n) is 6.34. The van der Waals surface area contributed by atoms with Crippen LogP contribution < -0.4 is 21.1 Å². The fourth-order valence-corrected chi connectivity index (χ4v) is 4.26. The van der Waals surface area contributed by atoms with Crippen molar-refractivity contribution in [1.29, 1.82) is 0 Å². The Morgan fingerprint density at radius 1 is 1.19 bits per heavy atom. The fraction of sp³-hybridized carbons (Fsp3) is 0.222. The normalized spacial score (nSPS) is 13.1. The molecular weight excluding hydrogens is 470 g/mol. The molecule has 1 aliphatic rings. The minimum absolute atomic E-state index is 0.153. The van der Waals surface area contributed by atoms with Gasteiger partial charge in [0, 0.05) is 22.9 Å². The van der Waals surface area contributed by atoms with E-state index in [9.17, 15) is 9.59 Å². The van der Waals surface area contributed by atoms with Gasteiger partial charge >= 0.3 is 0 Å². The lowest BCUT2D eigenvalue weighted by Crippen LogP contribution is -2.39. The molecule has 4 N–H and O–H groups in total. The van der Waals surface area contributed by atoms with E-state index in [1.807, 2.05) is 31.2 Å². The molecule has 0 atom stereocenters. The molecule has 1 aliphatic carbocycles. The molecule has 2 aromatic heterocycles. The number of hydrogen-bond acceptors (Lipinski definition) is 7. The molecule has 4 aromatic rings. The molecule has 2 heterocycles. The lowest BCUT2D eigenvalue weighted by Gasteiger charge is -2.26. The van der Waals surface area contributed by atoms with Crippen molar-refractivity contribution in [2.75, 3.05) is 17.7 Å². The summed E-state index contributed by atoms with van der Waals surface area (Å²) in [5, 5.41) is 14.7. The van der Waals surface area contributed by atoms with Crippen LogP contribution in [0, 0.1) is 0 Å². The summed E-state index contributed by atoms with van der Waals surface area (Å²) in [7, 11) is 0. The van der Waals surface area contributed by atoms with E-state index in [0.29, 0.717) is 40.4 Å². The Kier molecular flexibility index (Phi) is 6.55. The zero-order valence-corrected chi connectivity index (χ0v) is 20.4. The monoisotopic (exact) mass is 497 g/mol. The van der Waals surface area contributed by atoms with Crippen molar-refractivity contribution in [1.82, 2.24) is 25.1 Å². The number of fused-ring (bicyclic) bond motifs is 1. The van der Waals surface area contributed by atoms with Gasteiger partial charge in [-0.2, -0.15) is 0 Å². The number of carbonyl (C=O) groups is 2. The number of nitrogens with two attached hydrogens (primary N) is 1. The Labute approximate surface area is 213 Å². The minimum Gasteiger partial charge on any atom is -0.493 e. The zero-order valence-electron chi connectivity index (χ0n) is 20.4. The maximum Gasteiger partial charge on any atom is 0.255 e. The number of nitrogens with zero attached hydrogens (tertiary/aromatic N) is 4. The van der Waals surface area contributed by atoms with Gasteiger partial charge < -0.3 is 21.1 Å². The minimum atomic E-state index is -0.297. The molecule has 0 bridgehead atoms. The molecule has 10 heteroatoms. The topological polar surface area (TPSA) is 137 Å². The molecular formula is C27H27N7O3. The lowest BCUT2D eigenvalue weighted by atomic mass is 9.92. The fourth-order valence-electron chi connectivity index (χ4n) is 4.26. The van der Waals surface area contributed by atoms with Crippen molar-refractivity contribution < 1.29 is 14.3 Å². The van der Waals surface area contributed by atoms with Crippen LogP contribution in [0.15, 0.2) is 61.4 Å². The van der Waals surface area contributed by atoms with Crippen molar-refractivity contribution in [3.63, 3.8) is 0 Å². The van der Waals surface area contributed by atoms with Crippen molar-refractivity contribution in [3.8, 4) is 28.1 Å². The number of hydrogen-bond donors (Lipinski definition) is 3. The van der Waals surface area contributed by atoms with Crippen LogP contribution >= 0.6 is 0 Å². The van der Waals surface area contributed by atoms with Crippen molar-refractivity contribution in [2.45, 2.75) is 32.2 Å². The third kappa shape index (κ3) is 4.73. The van der Waals surface area contributed by atoms with E-state index < -0.39 is 0 Å². The van der Waals surface area contributed by atoms with E-state index in [4.69, 9.17) is 10.5 Å². The Morgan fingerprint density at radius 2 is 1.95 bits per heavy atom. The van der Waals surface area contributed by atoms with Crippen LogP contribution in [0.2, 0.25) is 0 Å². The van der Waals surface area contributed by atoms with Crippen LogP contribution in [0.25, 0.3) is 27.9 Å². The van der Waals surface area contributed by atoms with Gasteiger partial charge in [0.05, 0.1) is 12.2 Å². The molecule has 0 saturated heterocycles. The highest BCUT2D eigenvalue weighted by Crippen LogP contribution is 2.39. The Bertz CT molecular complexity index is 1490. The maximum atomic E-state index is 12.9. The summed E-state index contributed by atoms with van der Waals surface area (Å²) >= 11 is 0. The first-order chi connectivity index (χ1) is 18.0. The smallest absolute Gasteiger partial charge is 0.255 e. The Morgan fingerprint density at radius 3 is 2.62 bits per heavy atom. The number of carbonyl (C=O) groups excluding carboxylic acids is 2. The summed E-state index contributed by atoms with van der Waals surface area (Å²) in [5.74, 6) is 0.289. The summed E-state index contributed by atoms with van der Waals surface area (Å²) < 4.78 is 7.32. The van der Waals surface area contributed by atoms with Gasteiger partial charge in [-0.05, 0) is 62.1 Å². The second kappa shape index (κ2) is 10.1. The van der Waals surface area contributed by atoms with Gasteiger partial charge in [-0.15, -0.1) is 14.8 Å². The number of rotatable bonds is 8. The second-order valence-electron chi connectivity index (χ2n) is 8.72. The van der Waals surface area contributed by atoms with Crippen molar-refractivity contribution in [2.24, 2.45) is 0 Å². The number of anilines is 2. The van der Waals surface area contributed by atoms with Crippen LogP contribution in [-0.4, -0.2) is 44.3 Å². The number of benzene rings is 2. The largest absolute Gasteiger partial charge is 0.493 e. The van der Waals surface area contributed by atoms with E-state index in [1.165, 1.54) is 17.0 Å². The van der Waals surface area contributed by atoms with E-state index in [-0.39, 0.29) is 23.7 Å². The van der Waals surface area contributed by atoms with Crippen LogP contribution in [0.4, 0.5) is 11.5 Å². The molecule has 0 spiro atoms. The predicted molar refractivity (Wildman–Crippen MR) is 141 cm³/mol. The molecule has 2 aromatic carbocycles. The molecule has 0 radical (unpaired) electrons. The summed E-state index contributed by atoms with van der Waals surface area (Å²) in [6, 6.07) is 12.9. The average molecular weight is 498 g/mol. The maximum absolute atomic E-state index is 12.9. The van der Waals surface area contributed by atoms with E-state index in [1.54, 1.807) is 18.2 Å². The first-order valence-corrected chi connectivity index (χ1v) is 12.1. The van der Waals surface area contributed by atoms with Gasteiger partial charge in [-0.1, -0.05) is 24.8 Å². The highest BCUT2D eigenvalue weighted by atomic mass is 16.5. The number of amides is 2. The van der Waals surface area contributed by atoms with Crippen molar-refractivity contribution in [3.05, 3.63) is 67.0 Å². The van der Waals surface area contributed by atoms with E-state index >= 15 is 0 Å². The summed E-state index contributed by atoms with van der Waals surface area (Å²) in [5.41, 5.74) is 10.7. The third-order valence-corrected chi connectivity index (χ3v) is 6.34.